The van der Waals surface area contributed by atoms with Crippen LogP contribution in [0.25, 0.3) is 0 Å². The summed E-state index contributed by atoms with van der Waals surface area (Å²) in [5.41, 5.74) is 0. The molecule has 1 fully saturated rings. The van der Waals surface area contributed by atoms with Crippen LogP contribution < -0.4 is 14.6 Å². The quantitative estimate of drug-likeness (QED) is 0.0407. The maximum absolute atomic E-state index is 15.8. The third-order valence-electron chi connectivity index (χ3n) is 15.4. The van der Waals surface area contributed by atoms with Crippen molar-refractivity contribution in [1.29, 1.82) is 0 Å². The van der Waals surface area contributed by atoms with Crippen LogP contribution in [0.4, 0.5) is 316 Å². The molecule has 1 rings (SSSR count). The molecule has 762 valence electrons. The molecule has 1 saturated heterocycles. The molecule has 0 radical (unpaired) electrons. The standard InChI is InChI=1S/C42H24F72N3O6P3/c43-7(44)19(67,68)31(91,92)37(103,104)25(79,80)13(55,56)1-118-124(119-2-14(57,58)26(81,82)38(105,106)32(93,94)20(69,70)8(45)46)115-125(120-3-15(59,60)27(83,84)39(107,108)33(95,96)21(71,72)9(47)48,121-4-16(61,62)28(85,86)40(109,110)34(97,98)22(73,74)10(49)50)117-126(116-124,122-5-17(63,64)29(87,88)41(111,112)35(99,100)23(75,76)11(51)52)123-6-18(65,66)30(89,90)42(113,114)36(101,102)24(77,78)12(53)54/h7-12,115-117,124-126H,1-6H2. The normalized spacial score (nSPS) is 19.2. The van der Waals surface area contributed by atoms with Gasteiger partial charge in [0.2, 0.25) is 0 Å². The number of alkyl halides is 72. The SMILES string of the molecule is FC(F)C(F)(F)C(F)(F)C(F)(F)C(F)(F)C(F)(F)CO[PH]1(OCC(F)(F)C(F)(F)C(F)(F)C(F)(F)C(F)(F)C(F)F)N[PH](OCC(F)(F)C(F)(F)C(F)(F)C(F)(F)C(F)(F)C(F)F)(OCC(F)(F)C(F)(F)C(F)(F)C(F)(F)C(F)(F)C(F)F)N[PH](OCC(F)(F)C(F)(F)C(F)(F)C(F)(F)C(F)(F)C(F)F)(OCC(F)(F)C(F)(F)C(F)(F)C(F)(F)C(F)(F)C(F)F)N1. The average molecular weight is 2130 g/mol. The van der Waals surface area contributed by atoms with Gasteiger partial charge in [0.05, 0.1) is 0 Å². The molecule has 1 heterocycles. The maximum atomic E-state index is 15.8. The molecule has 1 aliphatic heterocycles. The van der Waals surface area contributed by atoms with Gasteiger partial charge in [0.15, 0.2) is 0 Å². The van der Waals surface area contributed by atoms with Crippen LogP contribution in [-0.2, 0) is 27.1 Å². The number of hydrogen-bond donors (Lipinski definition) is 3. The van der Waals surface area contributed by atoms with Crippen molar-refractivity contribution in [1.82, 2.24) is 14.6 Å². The molecular formula is C42H24F72N3O6P3. The Morgan fingerprint density at radius 2 is 0.214 bits per heavy atom. The molecule has 0 aromatic rings. The van der Waals surface area contributed by atoms with Gasteiger partial charge in [-0.3, -0.25) is 0 Å². The zero-order chi connectivity index (χ0) is 103. The summed E-state index contributed by atoms with van der Waals surface area (Å²) < 4.78 is 1060. The van der Waals surface area contributed by atoms with Crippen molar-refractivity contribution in [2.24, 2.45) is 0 Å². The summed E-state index contributed by atoms with van der Waals surface area (Å²) >= 11 is 0. The number of rotatable bonds is 48. The van der Waals surface area contributed by atoms with Crippen molar-refractivity contribution in [3.05, 3.63) is 0 Å². The minimum atomic E-state index is -11.1. The molecular weight excluding hydrogens is 2100 g/mol. The molecule has 0 aliphatic carbocycles. The average Bonchev–Trinajstić information content (AvgIpc) is 0.634. The van der Waals surface area contributed by atoms with Crippen LogP contribution in [-0.4, -0.2) is 256 Å². The first-order valence-electron chi connectivity index (χ1n) is 28.3. The molecule has 126 heavy (non-hydrogen) atoms. The summed E-state index contributed by atoms with van der Waals surface area (Å²) in [5.74, 6) is -283. The minimum absolute atomic E-state index is 1.35. The first-order chi connectivity index (χ1) is 54.0. The second-order valence-electron chi connectivity index (χ2n) is 24.1. The third kappa shape index (κ3) is 17.9. The molecule has 0 amide bonds. The third-order valence-corrected chi connectivity index (χ3v) is 26.6. The molecule has 3 N–H and O–H groups in total. The molecule has 84 heteroatoms. The zero-order valence-electron chi connectivity index (χ0n) is 55.4. The van der Waals surface area contributed by atoms with Crippen LogP contribution in [0, 0.1) is 0 Å². The van der Waals surface area contributed by atoms with Crippen LogP contribution in [0.2, 0.25) is 0 Å². The van der Waals surface area contributed by atoms with Crippen LogP contribution >= 0.6 is 24.1 Å². The molecule has 0 aromatic heterocycles. The van der Waals surface area contributed by atoms with Crippen LogP contribution in [0.1, 0.15) is 0 Å². The van der Waals surface area contributed by atoms with Gasteiger partial charge in [-0.15, -0.1) is 0 Å². The molecule has 0 spiro atoms. The van der Waals surface area contributed by atoms with E-state index < -0.39 is 294 Å². The summed E-state index contributed by atoms with van der Waals surface area (Å²) in [6.07, 6.45) is -42.0. The summed E-state index contributed by atoms with van der Waals surface area (Å²) in [5, 5.41) is 0. The van der Waals surface area contributed by atoms with Crippen molar-refractivity contribution in [2.75, 3.05) is 39.6 Å². The van der Waals surface area contributed by atoms with E-state index in [9.17, 15) is 211 Å². The zero-order valence-corrected chi connectivity index (χ0v) is 58.4. The van der Waals surface area contributed by atoms with E-state index in [1.54, 1.807) is 0 Å². The van der Waals surface area contributed by atoms with E-state index in [0.29, 0.717) is 0 Å². The van der Waals surface area contributed by atoms with Gasteiger partial charge in [0.25, 0.3) is 0 Å². The first kappa shape index (κ1) is 120. The molecule has 0 bridgehead atoms. The second-order valence-corrected chi connectivity index (χ2v) is 32.5. The van der Waals surface area contributed by atoms with Crippen molar-refractivity contribution in [3.63, 3.8) is 0 Å². The summed E-state index contributed by atoms with van der Waals surface area (Å²) in [4.78, 5) is -4.04. The van der Waals surface area contributed by atoms with E-state index in [-0.39, 0.29) is 0 Å². The Hall–Kier alpha value is -4.11. The number of nitrogens with one attached hydrogen (secondary N) is 3. The van der Waals surface area contributed by atoms with Crippen LogP contribution in [0.5, 0.6) is 0 Å². The number of hydrogen-bond acceptors (Lipinski definition) is 9. The van der Waals surface area contributed by atoms with E-state index >= 15 is 105 Å². The van der Waals surface area contributed by atoms with Gasteiger partial charge in [-0.05, 0) is 0 Å². The van der Waals surface area contributed by atoms with Gasteiger partial charge in [-0.1, -0.05) is 0 Å². The van der Waals surface area contributed by atoms with Gasteiger partial charge < -0.3 is 0 Å². The Labute approximate surface area is 638 Å². The fourth-order valence-corrected chi connectivity index (χ4v) is 21.3. The Morgan fingerprint density at radius 1 is 0.135 bits per heavy atom. The van der Waals surface area contributed by atoms with Gasteiger partial charge in [0, 0.05) is 0 Å². The van der Waals surface area contributed by atoms with E-state index in [1.165, 1.54) is 0 Å². The van der Waals surface area contributed by atoms with Crippen molar-refractivity contribution >= 4 is 24.1 Å². The summed E-state index contributed by atoms with van der Waals surface area (Å²) in [6, 6.07) is 0. The van der Waals surface area contributed by atoms with E-state index in [2.05, 4.69) is 27.1 Å². The molecule has 0 unspecified atom stereocenters. The Balaban J connectivity index is 6.19. The predicted molar refractivity (Wildman–Crippen MR) is 254 cm³/mol. The van der Waals surface area contributed by atoms with Crippen LogP contribution in [0.3, 0.4) is 0 Å². The Bertz CT molecular complexity index is 3080. The molecule has 0 aromatic carbocycles. The fourth-order valence-electron chi connectivity index (χ4n) is 7.64. The second kappa shape index (κ2) is 33.8. The Morgan fingerprint density at radius 3 is 0.286 bits per heavy atom. The van der Waals surface area contributed by atoms with Gasteiger partial charge in [-0.2, -0.15) is 0 Å². The molecule has 0 atom stereocenters. The predicted octanol–water partition coefficient (Wildman–Crippen LogP) is 23.7. The monoisotopic (exact) mass is 2130 g/mol. The van der Waals surface area contributed by atoms with Crippen molar-refractivity contribution in [3.8, 4) is 0 Å². The first-order valence-corrected chi connectivity index (χ1v) is 33.7. The van der Waals surface area contributed by atoms with E-state index in [0.717, 1.165) is 0 Å². The van der Waals surface area contributed by atoms with Crippen molar-refractivity contribution in [2.45, 2.75) is 216 Å². The van der Waals surface area contributed by atoms with E-state index in [1.807, 2.05) is 0 Å². The molecule has 0 saturated carbocycles. The van der Waals surface area contributed by atoms with Gasteiger partial charge >= 0.3 is 638 Å². The molecule has 9 nitrogen and oxygen atoms in total. The topological polar surface area (TPSA) is 91.5 Å². The van der Waals surface area contributed by atoms with Gasteiger partial charge in [0.1, 0.15) is 0 Å². The van der Waals surface area contributed by atoms with Crippen LogP contribution in [0.15, 0.2) is 0 Å². The van der Waals surface area contributed by atoms with E-state index in [4.69, 9.17) is 0 Å². The number of halogens is 72. The summed E-state index contributed by atoms with van der Waals surface area (Å²) in [7, 11) is -33.4. The Kier molecular flexibility index (Phi) is 32.1. The van der Waals surface area contributed by atoms with Crippen molar-refractivity contribution < 1.29 is 343 Å². The summed E-state index contributed by atoms with van der Waals surface area (Å²) in [6.45, 7) is -37.4. The fraction of sp³-hybridized carbons (Fsp3) is 1.00. The molecule has 1 aliphatic rings. The van der Waals surface area contributed by atoms with Gasteiger partial charge in [-0.25, -0.2) is 0 Å².